The normalized spacial score (nSPS) is 12.5. The third-order valence-corrected chi connectivity index (χ3v) is 5.67. The fourth-order valence-electron chi connectivity index (χ4n) is 1.66. The van der Waals surface area contributed by atoms with Crippen LogP contribution in [0.2, 0.25) is 0 Å². The van der Waals surface area contributed by atoms with E-state index in [1.807, 2.05) is 0 Å². The van der Waals surface area contributed by atoms with Crippen LogP contribution in [0.25, 0.3) is 0 Å². The highest BCUT2D eigenvalue weighted by atomic mass is 32.2. The van der Waals surface area contributed by atoms with Gasteiger partial charge in [0.1, 0.15) is 0 Å². The second kappa shape index (κ2) is 7.44. The molecule has 0 saturated heterocycles. The van der Waals surface area contributed by atoms with Crippen LogP contribution in [0.5, 0.6) is 0 Å². The molecule has 0 heterocycles. The molecule has 0 atom stereocenters. The van der Waals surface area contributed by atoms with E-state index in [-0.39, 0.29) is 28.9 Å². The third kappa shape index (κ3) is 4.88. The zero-order chi connectivity index (χ0) is 18.7. The van der Waals surface area contributed by atoms with Gasteiger partial charge in [-0.25, -0.2) is 13.2 Å². The number of sulfonamides is 1. The van der Waals surface area contributed by atoms with E-state index in [2.05, 4.69) is 0 Å². The SMILES string of the molecule is CC(C)N(C)S(=O)(=O)c1cccc(C(=O)OCC(=O)C(C)(C)C)c1. The minimum Gasteiger partial charge on any atom is -0.454 e. The number of carbonyl (C=O) groups excluding carboxylic acids is 2. The van der Waals surface area contributed by atoms with Gasteiger partial charge >= 0.3 is 5.97 Å². The molecule has 0 amide bonds. The van der Waals surface area contributed by atoms with E-state index in [1.54, 1.807) is 34.6 Å². The summed E-state index contributed by atoms with van der Waals surface area (Å²) in [5.74, 6) is -0.934. The first-order valence-corrected chi connectivity index (χ1v) is 9.10. The Labute approximate surface area is 143 Å². The number of carbonyl (C=O) groups is 2. The highest BCUT2D eigenvalue weighted by Crippen LogP contribution is 2.19. The molecule has 0 fully saturated rings. The lowest BCUT2D eigenvalue weighted by Crippen LogP contribution is -2.33. The van der Waals surface area contributed by atoms with Crippen LogP contribution < -0.4 is 0 Å². The van der Waals surface area contributed by atoms with Crippen molar-refractivity contribution in [3.05, 3.63) is 29.8 Å². The van der Waals surface area contributed by atoms with Crippen molar-refractivity contribution in [1.82, 2.24) is 4.31 Å². The topological polar surface area (TPSA) is 80.8 Å². The molecule has 0 bridgehead atoms. The summed E-state index contributed by atoms with van der Waals surface area (Å²) in [4.78, 5) is 23.9. The highest BCUT2D eigenvalue weighted by Gasteiger charge is 2.25. The maximum atomic E-state index is 12.5. The number of benzene rings is 1. The summed E-state index contributed by atoms with van der Waals surface area (Å²) < 4.78 is 31.1. The first-order valence-electron chi connectivity index (χ1n) is 7.66. The van der Waals surface area contributed by atoms with Crippen molar-refractivity contribution in [3.63, 3.8) is 0 Å². The van der Waals surface area contributed by atoms with Crippen molar-refractivity contribution in [2.24, 2.45) is 5.41 Å². The lowest BCUT2D eigenvalue weighted by Gasteiger charge is -2.21. The van der Waals surface area contributed by atoms with E-state index < -0.39 is 21.4 Å². The van der Waals surface area contributed by atoms with Gasteiger partial charge < -0.3 is 4.74 Å². The van der Waals surface area contributed by atoms with Gasteiger partial charge in [-0.15, -0.1) is 0 Å². The van der Waals surface area contributed by atoms with Crippen LogP contribution in [0.15, 0.2) is 29.2 Å². The number of ketones is 1. The zero-order valence-corrected chi connectivity index (χ0v) is 15.8. The number of rotatable bonds is 6. The second-order valence-corrected chi connectivity index (χ2v) is 8.89. The molecular formula is C17H25NO5S. The summed E-state index contributed by atoms with van der Waals surface area (Å²) >= 11 is 0. The number of nitrogens with zero attached hydrogens (tertiary/aromatic N) is 1. The highest BCUT2D eigenvalue weighted by molar-refractivity contribution is 7.89. The monoisotopic (exact) mass is 355 g/mol. The summed E-state index contributed by atoms with van der Waals surface area (Å²) in [5.41, 5.74) is -0.513. The number of ether oxygens (including phenoxy) is 1. The molecule has 0 aliphatic heterocycles. The van der Waals surface area contributed by atoms with Crippen LogP contribution in [-0.4, -0.2) is 44.2 Å². The smallest absolute Gasteiger partial charge is 0.338 e. The first-order chi connectivity index (χ1) is 10.9. The Hall–Kier alpha value is -1.73. The maximum Gasteiger partial charge on any atom is 0.338 e. The summed E-state index contributed by atoms with van der Waals surface area (Å²) in [6.45, 7) is 8.38. The van der Waals surface area contributed by atoms with Gasteiger partial charge in [0, 0.05) is 18.5 Å². The summed E-state index contributed by atoms with van der Waals surface area (Å²) in [7, 11) is -2.21. The van der Waals surface area contributed by atoms with Crippen molar-refractivity contribution in [1.29, 1.82) is 0 Å². The van der Waals surface area contributed by atoms with Crippen molar-refractivity contribution in [3.8, 4) is 0 Å². The fourth-order valence-corrected chi connectivity index (χ4v) is 3.07. The molecule has 0 aliphatic rings. The number of hydrogen-bond donors (Lipinski definition) is 0. The van der Waals surface area contributed by atoms with Gasteiger partial charge in [-0.1, -0.05) is 26.8 Å². The molecule has 1 rings (SSSR count). The van der Waals surface area contributed by atoms with Gasteiger partial charge in [0.25, 0.3) is 0 Å². The molecule has 7 heteroatoms. The lowest BCUT2D eigenvalue weighted by atomic mass is 9.91. The van der Waals surface area contributed by atoms with Gasteiger partial charge in [0.2, 0.25) is 10.0 Å². The molecule has 0 aromatic heterocycles. The summed E-state index contributed by atoms with van der Waals surface area (Å²) in [6, 6.07) is 5.40. The Morgan fingerprint density at radius 3 is 2.29 bits per heavy atom. The van der Waals surface area contributed by atoms with Crippen molar-refractivity contribution >= 4 is 21.8 Å². The average Bonchev–Trinajstić information content (AvgIpc) is 2.50. The number of hydrogen-bond acceptors (Lipinski definition) is 5. The fraction of sp³-hybridized carbons (Fsp3) is 0.529. The molecule has 0 aliphatic carbocycles. The first kappa shape index (κ1) is 20.3. The van der Waals surface area contributed by atoms with Gasteiger partial charge in [-0.3, -0.25) is 4.79 Å². The average molecular weight is 355 g/mol. The molecule has 0 radical (unpaired) electrons. The van der Waals surface area contributed by atoms with Crippen molar-refractivity contribution < 1.29 is 22.7 Å². The maximum absolute atomic E-state index is 12.5. The van der Waals surface area contributed by atoms with Crippen LogP contribution in [0.4, 0.5) is 0 Å². The zero-order valence-electron chi connectivity index (χ0n) is 15.0. The Balaban J connectivity index is 2.97. The Kier molecular flexibility index (Phi) is 6.30. The molecule has 1 aromatic carbocycles. The van der Waals surface area contributed by atoms with E-state index in [9.17, 15) is 18.0 Å². The molecule has 24 heavy (non-hydrogen) atoms. The van der Waals surface area contributed by atoms with Crippen LogP contribution in [-0.2, 0) is 19.6 Å². The van der Waals surface area contributed by atoms with E-state index in [1.165, 1.54) is 35.6 Å². The minimum absolute atomic E-state index is 0.00954. The molecule has 0 unspecified atom stereocenters. The van der Waals surface area contributed by atoms with E-state index in [0.29, 0.717) is 0 Å². The van der Waals surface area contributed by atoms with Crippen molar-refractivity contribution in [2.45, 2.75) is 45.6 Å². The number of esters is 1. The predicted octanol–water partition coefficient (Wildman–Crippen LogP) is 2.49. The molecule has 0 spiro atoms. The Morgan fingerprint density at radius 2 is 1.79 bits per heavy atom. The lowest BCUT2D eigenvalue weighted by molar-refractivity contribution is -0.129. The molecule has 0 N–H and O–H groups in total. The van der Waals surface area contributed by atoms with Crippen LogP contribution in [0, 0.1) is 5.41 Å². The minimum atomic E-state index is -3.69. The van der Waals surface area contributed by atoms with Crippen LogP contribution in [0.1, 0.15) is 45.0 Å². The van der Waals surface area contributed by atoms with Gasteiger partial charge in [-0.05, 0) is 32.0 Å². The van der Waals surface area contributed by atoms with Crippen LogP contribution >= 0.6 is 0 Å². The molecular weight excluding hydrogens is 330 g/mol. The van der Waals surface area contributed by atoms with Crippen LogP contribution in [0.3, 0.4) is 0 Å². The molecule has 0 saturated carbocycles. The summed E-state index contributed by atoms with van der Waals surface area (Å²) in [5, 5.41) is 0. The largest absolute Gasteiger partial charge is 0.454 e. The molecule has 134 valence electrons. The van der Waals surface area contributed by atoms with Crippen molar-refractivity contribution in [2.75, 3.05) is 13.7 Å². The molecule has 6 nitrogen and oxygen atoms in total. The second-order valence-electron chi connectivity index (χ2n) is 6.89. The van der Waals surface area contributed by atoms with Gasteiger partial charge in [0.15, 0.2) is 12.4 Å². The Morgan fingerprint density at radius 1 is 1.21 bits per heavy atom. The predicted molar refractivity (Wildman–Crippen MR) is 91.3 cm³/mol. The third-order valence-electron chi connectivity index (χ3n) is 3.64. The Bertz CT molecular complexity index is 717. The number of Topliss-reactive ketones (excluding diaryl/α,β-unsaturated/α-hetero) is 1. The summed E-state index contributed by atoms with van der Waals surface area (Å²) in [6.07, 6.45) is 0. The van der Waals surface area contributed by atoms with Gasteiger partial charge in [-0.2, -0.15) is 4.31 Å². The molecule has 1 aromatic rings. The van der Waals surface area contributed by atoms with E-state index in [4.69, 9.17) is 4.74 Å². The van der Waals surface area contributed by atoms with E-state index >= 15 is 0 Å². The standard InChI is InChI=1S/C17H25NO5S/c1-12(2)18(6)24(21,22)14-9-7-8-13(10-14)16(20)23-11-15(19)17(3,4)5/h7-10,12H,11H2,1-6H3. The van der Waals surface area contributed by atoms with E-state index in [0.717, 1.165) is 0 Å². The van der Waals surface area contributed by atoms with Gasteiger partial charge in [0.05, 0.1) is 10.5 Å². The quantitative estimate of drug-likeness (QED) is 0.732.